The second-order valence-corrected chi connectivity index (χ2v) is 6.09. The van der Waals surface area contributed by atoms with Crippen molar-refractivity contribution in [2.75, 3.05) is 12.3 Å². The van der Waals surface area contributed by atoms with E-state index in [2.05, 4.69) is 5.32 Å². The number of carbonyl (C=O) groups excluding carboxylic acids is 2. The Morgan fingerprint density at radius 2 is 2.26 bits per heavy atom. The van der Waals surface area contributed by atoms with Crippen molar-refractivity contribution < 1.29 is 19.5 Å². The molecule has 2 amide bonds. The van der Waals surface area contributed by atoms with Gasteiger partial charge in [0.05, 0.1) is 11.3 Å². The molecule has 0 aliphatic carbocycles. The van der Waals surface area contributed by atoms with Crippen molar-refractivity contribution in [3.63, 3.8) is 0 Å². The highest BCUT2D eigenvalue weighted by molar-refractivity contribution is 8.00. The second-order valence-electron chi connectivity index (χ2n) is 4.88. The van der Waals surface area contributed by atoms with Crippen molar-refractivity contribution in [3.8, 4) is 0 Å². The monoisotopic (exact) mass is 286 g/mol. The number of aliphatic carboxylic acids is 1. The van der Waals surface area contributed by atoms with E-state index in [4.69, 9.17) is 0 Å². The lowest BCUT2D eigenvalue weighted by Crippen LogP contribution is -2.48. The van der Waals surface area contributed by atoms with Gasteiger partial charge < -0.3 is 15.3 Å². The van der Waals surface area contributed by atoms with Crippen LogP contribution in [0.15, 0.2) is 0 Å². The quantitative estimate of drug-likeness (QED) is 0.775. The Bertz CT molecular complexity index is 401. The topological polar surface area (TPSA) is 86.7 Å². The van der Waals surface area contributed by atoms with Crippen LogP contribution in [0.4, 0.5) is 0 Å². The standard InChI is InChI=1S/C12H18N2O4S/c1-2-3-10-14(8(6-19-10)12(17)18)11(16)7-4-9(15)13-5-7/h7-8,10H,2-6H2,1H3,(H,13,15)(H,17,18). The van der Waals surface area contributed by atoms with Crippen LogP contribution in [0.1, 0.15) is 26.2 Å². The average molecular weight is 286 g/mol. The number of carboxylic acids is 1. The molecule has 7 heteroatoms. The smallest absolute Gasteiger partial charge is 0.327 e. The largest absolute Gasteiger partial charge is 0.480 e. The summed E-state index contributed by atoms with van der Waals surface area (Å²) in [5.41, 5.74) is 0. The predicted octanol–water partition coefficient (Wildman–Crippen LogP) is 0.277. The van der Waals surface area contributed by atoms with Crippen molar-refractivity contribution in [3.05, 3.63) is 0 Å². The van der Waals surface area contributed by atoms with Crippen molar-refractivity contribution in [1.29, 1.82) is 0 Å². The summed E-state index contributed by atoms with van der Waals surface area (Å²) in [6, 6.07) is -0.759. The molecule has 0 bridgehead atoms. The maximum absolute atomic E-state index is 12.5. The Morgan fingerprint density at radius 1 is 1.53 bits per heavy atom. The van der Waals surface area contributed by atoms with E-state index in [1.54, 1.807) is 0 Å². The zero-order chi connectivity index (χ0) is 14.0. The fourth-order valence-electron chi connectivity index (χ4n) is 2.51. The first-order valence-corrected chi connectivity index (χ1v) is 7.52. The molecule has 2 saturated heterocycles. The molecule has 0 aromatic heterocycles. The maximum atomic E-state index is 12.5. The number of amides is 2. The van der Waals surface area contributed by atoms with Gasteiger partial charge in [-0.25, -0.2) is 4.79 Å². The first-order valence-electron chi connectivity index (χ1n) is 6.47. The van der Waals surface area contributed by atoms with Crippen LogP contribution in [-0.2, 0) is 14.4 Å². The van der Waals surface area contributed by atoms with Gasteiger partial charge >= 0.3 is 5.97 Å². The normalized spacial score (nSPS) is 30.5. The number of rotatable bonds is 4. The first-order chi connectivity index (χ1) is 9.04. The molecule has 3 atom stereocenters. The van der Waals surface area contributed by atoms with Gasteiger partial charge in [-0.2, -0.15) is 0 Å². The van der Waals surface area contributed by atoms with E-state index in [9.17, 15) is 19.5 Å². The summed E-state index contributed by atoms with van der Waals surface area (Å²) in [7, 11) is 0. The SMILES string of the molecule is CCCC1SCC(C(=O)O)N1C(=O)C1CNC(=O)C1. The second kappa shape index (κ2) is 5.81. The summed E-state index contributed by atoms with van der Waals surface area (Å²) in [5.74, 6) is -1.28. The lowest BCUT2D eigenvalue weighted by molar-refractivity contribution is -0.150. The molecule has 106 valence electrons. The molecule has 2 N–H and O–H groups in total. The van der Waals surface area contributed by atoms with Crippen LogP contribution in [0.2, 0.25) is 0 Å². The number of nitrogens with one attached hydrogen (secondary N) is 1. The Labute approximate surface area is 115 Å². The third kappa shape index (κ3) is 2.86. The van der Waals surface area contributed by atoms with E-state index >= 15 is 0 Å². The van der Waals surface area contributed by atoms with E-state index < -0.39 is 17.9 Å². The Kier molecular flexibility index (Phi) is 4.34. The zero-order valence-corrected chi connectivity index (χ0v) is 11.6. The van der Waals surface area contributed by atoms with E-state index in [1.165, 1.54) is 16.7 Å². The molecular formula is C12H18N2O4S. The maximum Gasteiger partial charge on any atom is 0.327 e. The fourth-order valence-corrected chi connectivity index (χ4v) is 4.03. The molecular weight excluding hydrogens is 268 g/mol. The molecule has 0 spiro atoms. The summed E-state index contributed by atoms with van der Waals surface area (Å²) in [5, 5.41) is 11.8. The molecule has 2 aliphatic rings. The van der Waals surface area contributed by atoms with Crippen molar-refractivity contribution in [1.82, 2.24) is 10.2 Å². The number of carbonyl (C=O) groups is 3. The number of nitrogens with zero attached hydrogens (tertiary/aromatic N) is 1. The van der Waals surface area contributed by atoms with E-state index in [0.29, 0.717) is 12.3 Å². The molecule has 19 heavy (non-hydrogen) atoms. The van der Waals surface area contributed by atoms with E-state index in [-0.39, 0.29) is 23.6 Å². The van der Waals surface area contributed by atoms with Crippen molar-refractivity contribution in [2.45, 2.75) is 37.6 Å². The van der Waals surface area contributed by atoms with Gasteiger partial charge in [0.2, 0.25) is 11.8 Å². The summed E-state index contributed by atoms with van der Waals surface area (Å²) in [6.45, 7) is 2.34. The van der Waals surface area contributed by atoms with Crippen molar-refractivity contribution in [2.24, 2.45) is 5.92 Å². The Morgan fingerprint density at radius 3 is 2.79 bits per heavy atom. The predicted molar refractivity (Wildman–Crippen MR) is 70.5 cm³/mol. The molecule has 2 heterocycles. The summed E-state index contributed by atoms with van der Waals surface area (Å²) < 4.78 is 0. The van der Waals surface area contributed by atoms with Crippen LogP contribution in [0.3, 0.4) is 0 Å². The molecule has 3 unspecified atom stereocenters. The summed E-state index contributed by atoms with van der Waals surface area (Å²) >= 11 is 1.52. The Hall–Kier alpha value is -1.24. The minimum Gasteiger partial charge on any atom is -0.480 e. The van der Waals surface area contributed by atoms with Gasteiger partial charge in [-0.1, -0.05) is 13.3 Å². The molecule has 2 fully saturated rings. The minimum absolute atomic E-state index is 0.0747. The van der Waals surface area contributed by atoms with E-state index in [1.807, 2.05) is 6.92 Å². The highest BCUT2D eigenvalue weighted by atomic mass is 32.2. The highest BCUT2D eigenvalue weighted by Crippen LogP contribution is 2.34. The minimum atomic E-state index is -0.961. The van der Waals surface area contributed by atoms with Crippen LogP contribution < -0.4 is 5.32 Å². The van der Waals surface area contributed by atoms with Crippen LogP contribution >= 0.6 is 11.8 Å². The van der Waals surface area contributed by atoms with Crippen molar-refractivity contribution >= 4 is 29.5 Å². The molecule has 0 aromatic carbocycles. The van der Waals surface area contributed by atoms with Gasteiger partial charge in [-0.3, -0.25) is 9.59 Å². The third-order valence-corrected chi connectivity index (χ3v) is 4.85. The van der Waals surface area contributed by atoms with Gasteiger partial charge in [0, 0.05) is 18.7 Å². The number of hydrogen-bond donors (Lipinski definition) is 2. The summed E-state index contributed by atoms with van der Waals surface area (Å²) in [6.07, 6.45) is 1.86. The third-order valence-electron chi connectivity index (χ3n) is 3.49. The van der Waals surface area contributed by atoms with Crippen LogP contribution in [0.5, 0.6) is 0 Å². The van der Waals surface area contributed by atoms with E-state index in [0.717, 1.165) is 12.8 Å². The summed E-state index contributed by atoms with van der Waals surface area (Å²) in [4.78, 5) is 36.4. The molecule has 0 radical (unpaired) electrons. The zero-order valence-electron chi connectivity index (χ0n) is 10.8. The molecule has 0 saturated carbocycles. The van der Waals surface area contributed by atoms with Crippen LogP contribution in [0.25, 0.3) is 0 Å². The highest BCUT2D eigenvalue weighted by Gasteiger charge is 2.44. The number of thioether (sulfide) groups is 1. The van der Waals surface area contributed by atoms with Crippen LogP contribution in [0, 0.1) is 5.92 Å². The van der Waals surface area contributed by atoms with Gasteiger partial charge in [0.1, 0.15) is 6.04 Å². The van der Waals surface area contributed by atoms with Gasteiger partial charge in [-0.05, 0) is 6.42 Å². The Balaban J connectivity index is 2.13. The number of carboxylic acid groups (broad SMARTS) is 1. The number of hydrogen-bond acceptors (Lipinski definition) is 4. The van der Waals surface area contributed by atoms with Gasteiger partial charge in [-0.15, -0.1) is 11.8 Å². The molecule has 0 aromatic rings. The lowest BCUT2D eigenvalue weighted by atomic mass is 10.1. The van der Waals surface area contributed by atoms with Gasteiger partial charge in [0.15, 0.2) is 0 Å². The first kappa shape index (κ1) is 14.2. The average Bonchev–Trinajstić information content (AvgIpc) is 2.95. The fraction of sp³-hybridized carbons (Fsp3) is 0.750. The molecule has 2 rings (SSSR count). The molecule has 6 nitrogen and oxygen atoms in total. The lowest BCUT2D eigenvalue weighted by Gasteiger charge is -2.29. The van der Waals surface area contributed by atoms with Gasteiger partial charge in [0.25, 0.3) is 0 Å². The van der Waals surface area contributed by atoms with Crippen LogP contribution in [-0.4, -0.2) is 51.5 Å². The molecule has 2 aliphatic heterocycles.